The van der Waals surface area contributed by atoms with Crippen LogP contribution in [0.3, 0.4) is 0 Å². The molecule has 0 aliphatic heterocycles. The minimum Gasteiger partial charge on any atom is -0.496 e. The summed E-state index contributed by atoms with van der Waals surface area (Å²) in [7, 11) is 3.52. The second kappa shape index (κ2) is 6.35. The van der Waals surface area contributed by atoms with Crippen LogP contribution in [0.15, 0.2) is 36.4 Å². The van der Waals surface area contributed by atoms with Crippen molar-refractivity contribution in [1.29, 1.82) is 0 Å². The first-order chi connectivity index (χ1) is 11.5. The molecule has 0 fully saturated rings. The van der Waals surface area contributed by atoms with Crippen molar-refractivity contribution in [2.75, 3.05) is 14.2 Å². The van der Waals surface area contributed by atoms with Crippen LogP contribution in [0.2, 0.25) is 0 Å². The normalized spacial score (nSPS) is 11.7. The first-order valence-electron chi connectivity index (χ1n) is 8.59. The summed E-state index contributed by atoms with van der Waals surface area (Å²) in [5, 5.41) is 4.85. The highest BCUT2D eigenvalue weighted by Gasteiger charge is 2.21. The van der Waals surface area contributed by atoms with Gasteiger partial charge in [-0.15, -0.1) is 0 Å². The highest BCUT2D eigenvalue weighted by atomic mass is 16.5. The summed E-state index contributed by atoms with van der Waals surface area (Å²) >= 11 is 0. The van der Waals surface area contributed by atoms with Gasteiger partial charge in [-0.05, 0) is 40.3 Å². The summed E-state index contributed by atoms with van der Waals surface area (Å²) in [6.45, 7) is 8.86. The third-order valence-corrected chi connectivity index (χ3v) is 4.75. The summed E-state index contributed by atoms with van der Waals surface area (Å²) in [5.74, 6) is 2.66. The fourth-order valence-electron chi connectivity index (χ4n) is 3.67. The van der Waals surface area contributed by atoms with Crippen molar-refractivity contribution in [2.45, 2.75) is 39.5 Å². The van der Waals surface area contributed by atoms with Gasteiger partial charge in [-0.3, -0.25) is 0 Å². The molecule has 126 valence electrons. The number of ether oxygens (including phenoxy) is 2. The van der Waals surface area contributed by atoms with Gasteiger partial charge in [0, 0.05) is 16.3 Å². The van der Waals surface area contributed by atoms with E-state index in [0.717, 1.165) is 16.9 Å². The molecule has 0 bridgehead atoms. The summed E-state index contributed by atoms with van der Waals surface area (Å²) < 4.78 is 11.6. The average molecular weight is 322 g/mol. The molecule has 0 amide bonds. The molecule has 0 N–H and O–H groups in total. The van der Waals surface area contributed by atoms with Gasteiger partial charge in [-0.2, -0.15) is 0 Å². The predicted molar refractivity (Wildman–Crippen MR) is 103 cm³/mol. The molecule has 0 unspecified atom stereocenters. The lowest BCUT2D eigenvalue weighted by Crippen LogP contribution is -2.01. The lowest BCUT2D eigenvalue weighted by Gasteiger charge is -2.22. The largest absolute Gasteiger partial charge is 0.496 e. The number of hydrogen-bond donors (Lipinski definition) is 0. The van der Waals surface area contributed by atoms with Crippen molar-refractivity contribution in [3.8, 4) is 11.5 Å². The van der Waals surface area contributed by atoms with Crippen LogP contribution >= 0.6 is 0 Å². The maximum Gasteiger partial charge on any atom is 0.130 e. The van der Waals surface area contributed by atoms with E-state index in [-0.39, 0.29) is 0 Å². The highest BCUT2D eigenvalue weighted by molar-refractivity contribution is 6.08. The smallest absolute Gasteiger partial charge is 0.130 e. The molecule has 0 radical (unpaired) electrons. The summed E-state index contributed by atoms with van der Waals surface area (Å²) in [6, 6.07) is 13.0. The van der Waals surface area contributed by atoms with Crippen molar-refractivity contribution < 1.29 is 9.47 Å². The fourth-order valence-corrected chi connectivity index (χ4v) is 3.67. The zero-order valence-electron chi connectivity index (χ0n) is 15.4. The van der Waals surface area contributed by atoms with Gasteiger partial charge in [-0.25, -0.2) is 0 Å². The second-order valence-electron chi connectivity index (χ2n) is 6.94. The van der Waals surface area contributed by atoms with Crippen molar-refractivity contribution in [1.82, 2.24) is 0 Å². The first-order valence-corrected chi connectivity index (χ1v) is 8.59. The standard InChI is InChI=1S/C22H26O2/c1-13(2)17-12-19(23-5)21-18(22(17)24-6)11-15-9-7-8-10-16(15)20(21)14(3)4/h7-14H,1-6H3. The van der Waals surface area contributed by atoms with Crippen molar-refractivity contribution in [2.24, 2.45) is 0 Å². The minimum atomic E-state index is 0.368. The number of fused-ring (bicyclic) bond motifs is 2. The summed E-state index contributed by atoms with van der Waals surface area (Å²) in [4.78, 5) is 0. The molecule has 0 saturated heterocycles. The Morgan fingerprint density at radius 2 is 1.50 bits per heavy atom. The molecule has 0 spiro atoms. The lowest BCUT2D eigenvalue weighted by atomic mass is 9.87. The van der Waals surface area contributed by atoms with E-state index in [9.17, 15) is 0 Å². The Morgan fingerprint density at radius 1 is 0.792 bits per heavy atom. The number of benzene rings is 3. The molecule has 2 heteroatoms. The van der Waals surface area contributed by atoms with Crippen LogP contribution < -0.4 is 9.47 Å². The Bertz CT molecular complexity index is 891. The van der Waals surface area contributed by atoms with Crippen LogP contribution in [-0.4, -0.2) is 14.2 Å². The first kappa shape index (κ1) is 16.6. The molecule has 0 aliphatic rings. The Morgan fingerprint density at radius 3 is 2.08 bits per heavy atom. The Balaban J connectivity index is 2.60. The molecule has 3 aromatic carbocycles. The van der Waals surface area contributed by atoms with Gasteiger partial charge in [0.2, 0.25) is 0 Å². The molecule has 3 rings (SSSR count). The van der Waals surface area contributed by atoms with Gasteiger partial charge in [0.15, 0.2) is 0 Å². The SMILES string of the molecule is COc1c(C(C)C)cc(OC)c2c(C(C)C)c3ccccc3cc12. The molecule has 0 heterocycles. The Kier molecular flexibility index (Phi) is 4.40. The highest BCUT2D eigenvalue weighted by Crippen LogP contribution is 2.45. The lowest BCUT2D eigenvalue weighted by molar-refractivity contribution is 0.404. The van der Waals surface area contributed by atoms with Gasteiger partial charge in [0.25, 0.3) is 0 Å². The van der Waals surface area contributed by atoms with Crippen molar-refractivity contribution in [3.63, 3.8) is 0 Å². The minimum absolute atomic E-state index is 0.368. The quantitative estimate of drug-likeness (QED) is 0.528. The van der Waals surface area contributed by atoms with Crippen molar-refractivity contribution in [3.05, 3.63) is 47.5 Å². The van der Waals surface area contributed by atoms with E-state index in [1.165, 1.54) is 27.3 Å². The van der Waals surface area contributed by atoms with Crippen LogP contribution in [0.25, 0.3) is 21.5 Å². The molecule has 0 saturated carbocycles. The van der Waals surface area contributed by atoms with Crippen LogP contribution in [0.1, 0.15) is 50.7 Å². The van der Waals surface area contributed by atoms with Crippen LogP contribution in [0.5, 0.6) is 11.5 Å². The summed E-state index contributed by atoms with van der Waals surface area (Å²) in [5.41, 5.74) is 2.51. The molecular formula is C22H26O2. The van der Waals surface area contributed by atoms with E-state index >= 15 is 0 Å². The fraction of sp³-hybridized carbons (Fsp3) is 0.364. The topological polar surface area (TPSA) is 18.5 Å². The average Bonchev–Trinajstić information content (AvgIpc) is 2.57. The van der Waals surface area contributed by atoms with E-state index in [1.807, 2.05) is 0 Å². The van der Waals surface area contributed by atoms with Crippen LogP contribution in [0.4, 0.5) is 0 Å². The van der Waals surface area contributed by atoms with E-state index < -0.39 is 0 Å². The van der Waals surface area contributed by atoms with Gasteiger partial charge in [0.1, 0.15) is 11.5 Å². The number of hydrogen-bond acceptors (Lipinski definition) is 2. The van der Waals surface area contributed by atoms with Gasteiger partial charge in [-0.1, -0.05) is 52.0 Å². The van der Waals surface area contributed by atoms with E-state index in [1.54, 1.807) is 14.2 Å². The van der Waals surface area contributed by atoms with E-state index in [2.05, 4.69) is 64.1 Å². The maximum atomic E-state index is 5.85. The number of rotatable bonds is 4. The molecule has 0 atom stereocenters. The van der Waals surface area contributed by atoms with Crippen molar-refractivity contribution >= 4 is 21.5 Å². The van der Waals surface area contributed by atoms with Crippen LogP contribution in [0, 0.1) is 0 Å². The molecular weight excluding hydrogens is 296 g/mol. The molecule has 24 heavy (non-hydrogen) atoms. The maximum absolute atomic E-state index is 5.85. The zero-order chi connectivity index (χ0) is 17.4. The summed E-state index contributed by atoms with van der Waals surface area (Å²) in [6.07, 6.45) is 0. The number of methoxy groups -OCH3 is 2. The van der Waals surface area contributed by atoms with E-state index in [4.69, 9.17) is 9.47 Å². The molecule has 0 aliphatic carbocycles. The molecule has 3 aromatic rings. The third-order valence-electron chi connectivity index (χ3n) is 4.75. The van der Waals surface area contributed by atoms with Gasteiger partial charge < -0.3 is 9.47 Å². The second-order valence-corrected chi connectivity index (χ2v) is 6.94. The van der Waals surface area contributed by atoms with E-state index in [0.29, 0.717) is 11.8 Å². The zero-order valence-corrected chi connectivity index (χ0v) is 15.4. The monoisotopic (exact) mass is 322 g/mol. The third kappa shape index (κ3) is 2.50. The Hall–Kier alpha value is -2.22. The predicted octanol–water partition coefficient (Wildman–Crippen LogP) is 6.26. The Labute approximate surface area is 144 Å². The van der Waals surface area contributed by atoms with Gasteiger partial charge in [0.05, 0.1) is 14.2 Å². The van der Waals surface area contributed by atoms with Crippen LogP contribution in [-0.2, 0) is 0 Å². The molecule has 0 aromatic heterocycles. The van der Waals surface area contributed by atoms with Gasteiger partial charge >= 0.3 is 0 Å². The molecule has 2 nitrogen and oxygen atoms in total.